The Kier molecular flexibility index (Phi) is 8.61. The van der Waals surface area contributed by atoms with Gasteiger partial charge in [0, 0.05) is 28.8 Å². The van der Waals surface area contributed by atoms with Crippen LogP contribution in [0.5, 0.6) is 0 Å². The van der Waals surface area contributed by atoms with Crippen LogP contribution >= 0.6 is 23.1 Å². The summed E-state index contributed by atoms with van der Waals surface area (Å²) in [5.41, 5.74) is -2.32. The van der Waals surface area contributed by atoms with Gasteiger partial charge in [-0.2, -0.15) is 13.2 Å². The first-order valence-electron chi connectivity index (χ1n) is 10.3. The van der Waals surface area contributed by atoms with E-state index in [0.717, 1.165) is 23.2 Å². The highest BCUT2D eigenvalue weighted by Crippen LogP contribution is 2.40. The zero-order valence-corrected chi connectivity index (χ0v) is 20.6. The molecule has 2 aromatic rings. The molecule has 2 N–H and O–H groups in total. The second-order valence-corrected chi connectivity index (χ2v) is 12.0. The number of aliphatic imine (C=N–C) groups is 1. The van der Waals surface area contributed by atoms with E-state index in [2.05, 4.69) is 9.71 Å². The molecule has 12 heteroatoms. The lowest BCUT2D eigenvalue weighted by Gasteiger charge is -2.34. The summed E-state index contributed by atoms with van der Waals surface area (Å²) in [7, 11) is -3.72. The molecule has 186 valence electrons. The lowest BCUT2D eigenvalue weighted by atomic mass is 9.81. The van der Waals surface area contributed by atoms with Crippen molar-refractivity contribution in [1.29, 1.82) is 0 Å². The minimum atomic E-state index is -4.76. The molecule has 0 fully saturated rings. The molecule has 0 saturated heterocycles. The first-order chi connectivity index (χ1) is 15.9. The molecular formula is C22H24F4N2O3S3. The minimum Gasteiger partial charge on any atom is -0.380 e. The predicted octanol–water partition coefficient (Wildman–Crippen LogP) is 5.05. The monoisotopic (exact) mass is 536 g/mol. The summed E-state index contributed by atoms with van der Waals surface area (Å²) >= 11 is 2.44. The van der Waals surface area contributed by atoms with Gasteiger partial charge in [0.2, 0.25) is 10.0 Å². The largest absolute Gasteiger partial charge is 0.417 e. The van der Waals surface area contributed by atoms with Crippen LogP contribution in [0.3, 0.4) is 0 Å². The Hall–Kier alpha value is -1.73. The van der Waals surface area contributed by atoms with Crippen LogP contribution < -0.4 is 4.72 Å². The second kappa shape index (κ2) is 10.9. The Balaban J connectivity index is 1.74. The van der Waals surface area contributed by atoms with E-state index in [1.165, 1.54) is 42.1 Å². The van der Waals surface area contributed by atoms with Gasteiger partial charge in [-0.05, 0) is 61.6 Å². The Morgan fingerprint density at radius 2 is 1.97 bits per heavy atom. The molecule has 1 heterocycles. The van der Waals surface area contributed by atoms with Crippen LogP contribution in [-0.4, -0.2) is 49.4 Å². The molecule has 1 aromatic carbocycles. The number of alkyl halides is 3. The lowest BCUT2D eigenvalue weighted by molar-refractivity contribution is -0.267. The molecule has 1 aliphatic carbocycles. The number of rotatable bonds is 9. The highest BCUT2D eigenvalue weighted by atomic mass is 32.2. The lowest BCUT2D eigenvalue weighted by Crippen LogP contribution is -2.48. The molecule has 1 aromatic heterocycles. The van der Waals surface area contributed by atoms with Crippen LogP contribution in [-0.2, 0) is 10.0 Å². The molecular weight excluding hydrogens is 512 g/mol. The van der Waals surface area contributed by atoms with Crippen molar-refractivity contribution in [2.75, 3.05) is 12.3 Å². The number of benzene rings is 1. The van der Waals surface area contributed by atoms with Crippen molar-refractivity contribution in [2.24, 2.45) is 10.9 Å². The molecule has 0 radical (unpaired) electrons. The normalized spacial score (nSPS) is 20.9. The summed E-state index contributed by atoms with van der Waals surface area (Å²) < 4.78 is 80.3. The Morgan fingerprint density at radius 1 is 1.26 bits per heavy atom. The summed E-state index contributed by atoms with van der Waals surface area (Å²) in [5.74, 6) is -1.11. The van der Waals surface area contributed by atoms with E-state index in [9.17, 15) is 31.1 Å². The molecule has 5 nitrogen and oxygen atoms in total. The summed E-state index contributed by atoms with van der Waals surface area (Å²) in [6.07, 6.45) is -1.73. The standard InChI is InChI=1S/C22H24F4N2O3S3/c1-21(29,22(24,25)26)15-4-8-17(9-5-15)28-18(14-33-19-10-6-16(23)7-11-19)13-27-34(30,31)20-3-2-12-32-20/h2-4,6-8,10-12,15,18,27,29H,5,9,13-14H2,1H3. The van der Waals surface area contributed by atoms with Crippen LogP contribution in [0.25, 0.3) is 0 Å². The molecule has 1 aliphatic rings. The van der Waals surface area contributed by atoms with E-state index in [1.54, 1.807) is 23.6 Å². The molecule has 3 unspecified atom stereocenters. The van der Waals surface area contributed by atoms with Crippen molar-refractivity contribution in [3.8, 4) is 0 Å². The van der Waals surface area contributed by atoms with Crippen LogP contribution in [0.15, 0.2) is 68.0 Å². The fraction of sp³-hybridized carbons (Fsp3) is 0.409. The van der Waals surface area contributed by atoms with Crippen molar-refractivity contribution in [3.05, 3.63) is 59.7 Å². The third-order valence-corrected chi connectivity index (χ3v) is 9.38. The number of hydrogen-bond acceptors (Lipinski definition) is 6. The highest BCUT2D eigenvalue weighted by molar-refractivity contribution is 7.99. The number of allylic oxidation sites excluding steroid dienone is 1. The maximum absolute atomic E-state index is 13.2. The molecule has 0 spiro atoms. The van der Waals surface area contributed by atoms with Crippen LogP contribution in [0, 0.1) is 11.7 Å². The number of sulfonamides is 1. The number of thiophene rings is 1. The quantitative estimate of drug-likeness (QED) is 0.348. The van der Waals surface area contributed by atoms with Crippen molar-refractivity contribution in [2.45, 2.75) is 46.7 Å². The Labute approximate surface area is 204 Å². The van der Waals surface area contributed by atoms with E-state index in [0.29, 0.717) is 11.5 Å². The van der Waals surface area contributed by atoms with Gasteiger partial charge in [0.1, 0.15) is 10.0 Å². The van der Waals surface area contributed by atoms with Gasteiger partial charge >= 0.3 is 6.18 Å². The SMILES string of the molecule is CC(O)(C1C=CC(=NC(CNS(=O)(=O)c2cccs2)CSc2ccc(F)cc2)CC1)C(F)(F)F. The topological polar surface area (TPSA) is 78.8 Å². The number of thioether (sulfide) groups is 1. The number of hydrogen-bond donors (Lipinski definition) is 2. The van der Waals surface area contributed by atoms with Crippen LogP contribution in [0.1, 0.15) is 19.8 Å². The van der Waals surface area contributed by atoms with Gasteiger partial charge in [-0.1, -0.05) is 12.1 Å². The third kappa shape index (κ3) is 6.91. The van der Waals surface area contributed by atoms with Gasteiger partial charge in [-0.15, -0.1) is 23.1 Å². The zero-order valence-electron chi connectivity index (χ0n) is 18.1. The summed E-state index contributed by atoms with van der Waals surface area (Å²) in [6, 6.07) is 8.43. The number of halogens is 4. The van der Waals surface area contributed by atoms with Crippen molar-refractivity contribution in [3.63, 3.8) is 0 Å². The molecule has 34 heavy (non-hydrogen) atoms. The summed E-state index contributed by atoms with van der Waals surface area (Å²) in [6.45, 7) is 0.737. The van der Waals surface area contributed by atoms with E-state index >= 15 is 0 Å². The van der Waals surface area contributed by atoms with E-state index < -0.39 is 33.8 Å². The Bertz CT molecular complexity index is 1110. The summed E-state index contributed by atoms with van der Waals surface area (Å²) in [5, 5.41) is 11.6. The highest BCUT2D eigenvalue weighted by Gasteiger charge is 2.54. The van der Waals surface area contributed by atoms with Gasteiger partial charge in [0.15, 0.2) is 5.60 Å². The van der Waals surface area contributed by atoms with Gasteiger partial charge in [0.25, 0.3) is 0 Å². The first kappa shape index (κ1) is 26.9. The molecule has 0 amide bonds. The number of aliphatic hydroxyl groups is 1. The van der Waals surface area contributed by atoms with E-state index in [1.807, 2.05) is 0 Å². The molecule has 3 atom stereocenters. The third-order valence-electron chi connectivity index (χ3n) is 5.40. The maximum Gasteiger partial charge on any atom is 0.417 e. The van der Waals surface area contributed by atoms with Crippen LogP contribution in [0.2, 0.25) is 0 Å². The van der Waals surface area contributed by atoms with E-state index in [-0.39, 0.29) is 29.4 Å². The van der Waals surface area contributed by atoms with Gasteiger partial charge < -0.3 is 5.11 Å². The predicted molar refractivity (Wildman–Crippen MR) is 126 cm³/mol. The molecule has 0 aliphatic heterocycles. The fourth-order valence-corrected chi connectivity index (χ4v) is 6.31. The second-order valence-electron chi connectivity index (χ2n) is 7.97. The number of nitrogens with one attached hydrogen (secondary N) is 1. The minimum absolute atomic E-state index is 0.0184. The first-order valence-corrected chi connectivity index (χ1v) is 13.7. The maximum atomic E-state index is 13.2. The van der Waals surface area contributed by atoms with Gasteiger partial charge in [-0.25, -0.2) is 17.5 Å². The Morgan fingerprint density at radius 3 is 2.53 bits per heavy atom. The van der Waals surface area contributed by atoms with Crippen LogP contribution in [0.4, 0.5) is 17.6 Å². The van der Waals surface area contributed by atoms with Crippen molar-refractivity contribution < 1.29 is 31.1 Å². The molecule has 3 rings (SSSR count). The zero-order chi connectivity index (χ0) is 25.0. The van der Waals surface area contributed by atoms with E-state index in [4.69, 9.17) is 0 Å². The van der Waals surface area contributed by atoms with Gasteiger partial charge in [0.05, 0.1) is 6.04 Å². The van der Waals surface area contributed by atoms with Crippen molar-refractivity contribution >= 4 is 38.8 Å². The fourth-order valence-electron chi connectivity index (χ4n) is 3.29. The van der Waals surface area contributed by atoms with Crippen molar-refractivity contribution in [1.82, 2.24) is 4.72 Å². The van der Waals surface area contributed by atoms with Gasteiger partial charge in [-0.3, -0.25) is 4.99 Å². The smallest absolute Gasteiger partial charge is 0.380 e. The molecule has 0 bridgehead atoms. The number of nitrogens with zero attached hydrogens (tertiary/aromatic N) is 1. The average molecular weight is 537 g/mol. The summed E-state index contributed by atoms with van der Waals surface area (Å²) in [4.78, 5) is 5.35. The average Bonchev–Trinajstić information content (AvgIpc) is 3.32. The molecule has 0 saturated carbocycles.